The van der Waals surface area contributed by atoms with Gasteiger partial charge in [-0.25, -0.2) is 0 Å². The predicted molar refractivity (Wildman–Crippen MR) is 75.4 cm³/mol. The molecule has 4 N–H and O–H groups in total. The Bertz CT molecular complexity index is 486. The summed E-state index contributed by atoms with van der Waals surface area (Å²) in [5, 5.41) is 0. The summed E-state index contributed by atoms with van der Waals surface area (Å²) in [7, 11) is 0. The van der Waals surface area contributed by atoms with Crippen LogP contribution < -0.4 is 21.1 Å². The molecule has 2 rings (SSSR count). The second kappa shape index (κ2) is 5.19. The van der Waals surface area contributed by atoms with Crippen molar-refractivity contribution in [2.75, 3.05) is 31.1 Å². The van der Waals surface area contributed by atoms with E-state index in [1.54, 1.807) is 4.90 Å². The van der Waals surface area contributed by atoms with Gasteiger partial charge < -0.3 is 21.1 Å². The smallest absolute Gasteiger partial charge is 0.265 e. The van der Waals surface area contributed by atoms with Gasteiger partial charge in [0.25, 0.3) is 5.91 Å². The molecule has 0 radical (unpaired) electrons. The lowest BCUT2D eigenvalue weighted by Gasteiger charge is -2.31. The van der Waals surface area contributed by atoms with Crippen LogP contribution in [0.2, 0.25) is 0 Å². The molecule has 5 heteroatoms. The molecule has 0 aromatic heterocycles. The van der Waals surface area contributed by atoms with Crippen LogP contribution >= 0.6 is 0 Å². The van der Waals surface area contributed by atoms with Gasteiger partial charge in [0.1, 0.15) is 5.75 Å². The van der Waals surface area contributed by atoms with Gasteiger partial charge in [-0.05, 0) is 17.7 Å². The number of hydrogen-bond donors (Lipinski definition) is 2. The minimum absolute atomic E-state index is 0.0549. The van der Waals surface area contributed by atoms with Crippen molar-refractivity contribution in [3.05, 3.63) is 23.8 Å². The SMILES string of the molecule is CC(C)(CN)c1ccc2c(c1)N(CCN)C(=O)CO2. The van der Waals surface area contributed by atoms with Gasteiger partial charge in [-0.15, -0.1) is 0 Å². The third-order valence-corrected chi connectivity index (χ3v) is 3.55. The Hall–Kier alpha value is -1.59. The standard InChI is InChI=1S/C14H21N3O2/c1-14(2,9-16)10-3-4-12-11(7-10)17(6-5-15)13(18)8-19-12/h3-4,7H,5-6,8-9,15-16H2,1-2H3. The molecule has 0 bridgehead atoms. The molecule has 19 heavy (non-hydrogen) atoms. The van der Waals surface area contributed by atoms with Crippen molar-refractivity contribution in [2.24, 2.45) is 11.5 Å². The van der Waals surface area contributed by atoms with Crippen molar-refractivity contribution in [1.29, 1.82) is 0 Å². The molecule has 0 saturated heterocycles. The first-order valence-electron chi connectivity index (χ1n) is 6.47. The van der Waals surface area contributed by atoms with Crippen LogP contribution in [0.4, 0.5) is 5.69 Å². The van der Waals surface area contributed by atoms with E-state index < -0.39 is 0 Å². The van der Waals surface area contributed by atoms with E-state index in [2.05, 4.69) is 13.8 Å². The normalized spacial score (nSPS) is 15.2. The van der Waals surface area contributed by atoms with E-state index in [0.717, 1.165) is 17.0 Å². The molecular formula is C14H21N3O2. The highest BCUT2D eigenvalue weighted by Gasteiger charge is 2.27. The van der Waals surface area contributed by atoms with E-state index in [1.165, 1.54) is 0 Å². The molecule has 1 aromatic carbocycles. The van der Waals surface area contributed by atoms with Gasteiger partial charge in [0.05, 0.1) is 5.69 Å². The number of ether oxygens (including phenoxy) is 1. The maximum atomic E-state index is 11.9. The zero-order chi connectivity index (χ0) is 14.0. The molecule has 0 aliphatic carbocycles. The van der Waals surface area contributed by atoms with E-state index in [0.29, 0.717) is 19.6 Å². The summed E-state index contributed by atoms with van der Waals surface area (Å²) in [5.41, 5.74) is 13.1. The molecule has 1 aliphatic rings. The lowest BCUT2D eigenvalue weighted by molar-refractivity contribution is -0.121. The van der Waals surface area contributed by atoms with Gasteiger partial charge in [-0.2, -0.15) is 0 Å². The quantitative estimate of drug-likeness (QED) is 0.833. The summed E-state index contributed by atoms with van der Waals surface area (Å²) >= 11 is 0. The van der Waals surface area contributed by atoms with Gasteiger partial charge >= 0.3 is 0 Å². The first-order chi connectivity index (χ1) is 8.99. The number of nitrogens with two attached hydrogens (primary N) is 2. The van der Waals surface area contributed by atoms with Gasteiger partial charge in [0, 0.05) is 25.0 Å². The second-order valence-corrected chi connectivity index (χ2v) is 5.39. The lowest BCUT2D eigenvalue weighted by Crippen LogP contribution is -2.42. The van der Waals surface area contributed by atoms with Crippen molar-refractivity contribution in [3.8, 4) is 5.75 Å². The maximum absolute atomic E-state index is 11.9. The number of hydrogen-bond acceptors (Lipinski definition) is 4. The number of anilines is 1. The van der Waals surface area contributed by atoms with Crippen LogP contribution in [0, 0.1) is 0 Å². The first kappa shape index (κ1) is 13.8. The van der Waals surface area contributed by atoms with Gasteiger partial charge in [0.15, 0.2) is 6.61 Å². The molecule has 0 atom stereocenters. The van der Waals surface area contributed by atoms with E-state index in [9.17, 15) is 4.79 Å². The number of benzene rings is 1. The van der Waals surface area contributed by atoms with E-state index in [1.807, 2.05) is 18.2 Å². The van der Waals surface area contributed by atoms with E-state index in [-0.39, 0.29) is 17.9 Å². The summed E-state index contributed by atoms with van der Waals surface area (Å²) in [4.78, 5) is 13.6. The minimum atomic E-state index is -0.135. The molecule has 5 nitrogen and oxygen atoms in total. The molecule has 1 aliphatic heterocycles. The molecule has 0 fully saturated rings. The number of carbonyl (C=O) groups excluding carboxylic acids is 1. The molecule has 1 heterocycles. The first-order valence-corrected chi connectivity index (χ1v) is 6.47. The predicted octanol–water partition coefficient (Wildman–Crippen LogP) is 0.607. The van der Waals surface area contributed by atoms with E-state index in [4.69, 9.17) is 16.2 Å². The van der Waals surface area contributed by atoms with Gasteiger partial charge in [-0.1, -0.05) is 19.9 Å². The fourth-order valence-electron chi connectivity index (χ4n) is 2.12. The van der Waals surface area contributed by atoms with Crippen LogP contribution in [0.1, 0.15) is 19.4 Å². The molecule has 1 aromatic rings. The van der Waals surface area contributed by atoms with E-state index >= 15 is 0 Å². The summed E-state index contributed by atoms with van der Waals surface area (Å²) < 4.78 is 5.45. The molecular weight excluding hydrogens is 242 g/mol. The zero-order valence-corrected chi connectivity index (χ0v) is 11.5. The van der Waals surface area contributed by atoms with Crippen molar-refractivity contribution in [3.63, 3.8) is 0 Å². The maximum Gasteiger partial charge on any atom is 0.265 e. The minimum Gasteiger partial charge on any atom is -0.482 e. The highest BCUT2D eigenvalue weighted by molar-refractivity contribution is 5.98. The van der Waals surface area contributed by atoms with Crippen LogP contribution in [0.25, 0.3) is 0 Å². The van der Waals surface area contributed by atoms with Crippen LogP contribution in [-0.4, -0.2) is 32.1 Å². The Balaban J connectivity index is 2.44. The third-order valence-electron chi connectivity index (χ3n) is 3.55. The molecule has 1 amide bonds. The van der Waals surface area contributed by atoms with Crippen molar-refractivity contribution in [1.82, 2.24) is 0 Å². The summed E-state index contributed by atoms with van der Waals surface area (Å²) in [6.07, 6.45) is 0. The highest BCUT2D eigenvalue weighted by Crippen LogP contribution is 2.36. The number of nitrogens with zero attached hydrogens (tertiary/aromatic N) is 1. The number of carbonyl (C=O) groups is 1. The average Bonchev–Trinajstić information content (AvgIpc) is 2.41. The van der Waals surface area contributed by atoms with Crippen LogP contribution in [0.3, 0.4) is 0 Å². The molecule has 0 saturated carbocycles. The zero-order valence-electron chi connectivity index (χ0n) is 11.5. The van der Waals surface area contributed by atoms with Crippen LogP contribution in [-0.2, 0) is 10.2 Å². The fraction of sp³-hybridized carbons (Fsp3) is 0.500. The molecule has 0 unspecified atom stereocenters. The van der Waals surface area contributed by atoms with Gasteiger partial charge in [-0.3, -0.25) is 4.79 Å². The van der Waals surface area contributed by atoms with Crippen LogP contribution in [0.5, 0.6) is 5.75 Å². The number of amides is 1. The monoisotopic (exact) mass is 263 g/mol. The average molecular weight is 263 g/mol. The Morgan fingerprint density at radius 3 is 2.74 bits per heavy atom. The Morgan fingerprint density at radius 2 is 2.11 bits per heavy atom. The van der Waals surface area contributed by atoms with Crippen molar-refractivity contribution in [2.45, 2.75) is 19.3 Å². The van der Waals surface area contributed by atoms with Crippen molar-refractivity contribution >= 4 is 11.6 Å². The largest absolute Gasteiger partial charge is 0.482 e. The summed E-state index contributed by atoms with van der Waals surface area (Å²) in [6.45, 7) is 5.70. The van der Waals surface area contributed by atoms with Gasteiger partial charge in [0.2, 0.25) is 0 Å². The molecule has 0 spiro atoms. The number of fused-ring (bicyclic) bond motifs is 1. The van der Waals surface area contributed by atoms with Crippen molar-refractivity contribution < 1.29 is 9.53 Å². The number of rotatable bonds is 4. The molecule has 104 valence electrons. The Kier molecular flexibility index (Phi) is 3.78. The second-order valence-electron chi connectivity index (χ2n) is 5.39. The lowest BCUT2D eigenvalue weighted by atomic mass is 9.84. The highest BCUT2D eigenvalue weighted by atomic mass is 16.5. The Labute approximate surface area is 113 Å². The fourth-order valence-corrected chi connectivity index (χ4v) is 2.12. The van der Waals surface area contributed by atoms with Crippen LogP contribution in [0.15, 0.2) is 18.2 Å². The summed E-state index contributed by atoms with van der Waals surface area (Å²) in [5.74, 6) is 0.672. The Morgan fingerprint density at radius 1 is 1.37 bits per heavy atom. The topological polar surface area (TPSA) is 81.6 Å². The summed E-state index contributed by atoms with van der Waals surface area (Å²) in [6, 6.07) is 5.88. The third kappa shape index (κ3) is 2.57.